The molecule has 0 bridgehead atoms. The quantitative estimate of drug-likeness (QED) is 0.666. The van der Waals surface area contributed by atoms with Crippen molar-refractivity contribution >= 4 is 0 Å². The van der Waals surface area contributed by atoms with Crippen molar-refractivity contribution in [2.75, 3.05) is 20.7 Å². The number of nitrogens with zero attached hydrogens (tertiary/aromatic N) is 1. The molecule has 20 heavy (non-hydrogen) atoms. The Labute approximate surface area is 124 Å². The van der Waals surface area contributed by atoms with Crippen LogP contribution in [0.15, 0.2) is 24.3 Å². The smallest absolute Gasteiger partial charge is 0.123 e. The van der Waals surface area contributed by atoms with Gasteiger partial charge in [-0.2, -0.15) is 0 Å². The highest BCUT2D eigenvalue weighted by atomic mass is 16.5. The Hall–Kier alpha value is -1.06. The Morgan fingerprint density at radius 2 is 1.95 bits per heavy atom. The van der Waals surface area contributed by atoms with E-state index in [0.29, 0.717) is 6.04 Å². The van der Waals surface area contributed by atoms with Crippen molar-refractivity contribution in [3.63, 3.8) is 0 Å². The van der Waals surface area contributed by atoms with E-state index in [1.54, 1.807) is 7.11 Å². The summed E-state index contributed by atoms with van der Waals surface area (Å²) in [5.74, 6) is 0.959. The molecule has 0 heterocycles. The maximum absolute atomic E-state index is 5.94. The van der Waals surface area contributed by atoms with Crippen LogP contribution in [0.5, 0.6) is 5.75 Å². The van der Waals surface area contributed by atoms with E-state index < -0.39 is 0 Å². The van der Waals surface area contributed by atoms with Gasteiger partial charge in [-0.3, -0.25) is 4.90 Å². The molecule has 0 saturated carbocycles. The van der Waals surface area contributed by atoms with Gasteiger partial charge in [0, 0.05) is 24.7 Å². The van der Waals surface area contributed by atoms with E-state index in [1.807, 2.05) is 12.1 Å². The molecule has 2 N–H and O–H groups in total. The van der Waals surface area contributed by atoms with Gasteiger partial charge in [0.15, 0.2) is 0 Å². The number of benzene rings is 1. The van der Waals surface area contributed by atoms with Gasteiger partial charge in [0.1, 0.15) is 5.75 Å². The Balaban J connectivity index is 2.51. The number of para-hydroxylation sites is 1. The number of ether oxygens (including phenoxy) is 1. The first-order valence-corrected chi connectivity index (χ1v) is 7.75. The fourth-order valence-corrected chi connectivity index (χ4v) is 2.56. The molecule has 114 valence electrons. The van der Waals surface area contributed by atoms with Gasteiger partial charge in [0.25, 0.3) is 0 Å². The second-order valence-corrected chi connectivity index (χ2v) is 5.47. The van der Waals surface area contributed by atoms with Crippen molar-refractivity contribution in [2.45, 2.75) is 51.6 Å². The molecule has 3 heteroatoms. The number of likely N-dealkylation sites (N-methyl/N-ethyl adjacent to an activating group) is 1. The molecule has 3 nitrogen and oxygen atoms in total. The lowest BCUT2D eigenvalue weighted by atomic mass is 10.1. The minimum Gasteiger partial charge on any atom is -0.496 e. The second kappa shape index (κ2) is 9.78. The Morgan fingerprint density at radius 3 is 2.60 bits per heavy atom. The van der Waals surface area contributed by atoms with Crippen LogP contribution in [-0.2, 0) is 6.54 Å². The van der Waals surface area contributed by atoms with Crippen molar-refractivity contribution in [2.24, 2.45) is 5.73 Å². The van der Waals surface area contributed by atoms with E-state index in [2.05, 4.69) is 31.0 Å². The van der Waals surface area contributed by atoms with Gasteiger partial charge >= 0.3 is 0 Å². The maximum atomic E-state index is 5.94. The number of hydrogen-bond donors (Lipinski definition) is 1. The lowest BCUT2D eigenvalue weighted by Crippen LogP contribution is -2.37. The summed E-state index contributed by atoms with van der Waals surface area (Å²) in [5.41, 5.74) is 7.17. The maximum Gasteiger partial charge on any atom is 0.123 e. The first-order valence-electron chi connectivity index (χ1n) is 7.75. The zero-order chi connectivity index (χ0) is 14.8. The van der Waals surface area contributed by atoms with Crippen molar-refractivity contribution in [1.29, 1.82) is 0 Å². The second-order valence-electron chi connectivity index (χ2n) is 5.47. The molecule has 0 fully saturated rings. The highest BCUT2D eigenvalue weighted by Gasteiger charge is 2.14. The van der Waals surface area contributed by atoms with Gasteiger partial charge in [0.2, 0.25) is 0 Å². The molecule has 0 saturated heterocycles. The van der Waals surface area contributed by atoms with Gasteiger partial charge in [-0.05, 0) is 19.5 Å². The third kappa shape index (κ3) is 5.51. The predicted molar refractivity (Wildman–Crippen MR) is 86.1 cm³/mol. The van der Waals surface area contributed by atoms with E-state index in [4.69, 9.17) is 10.5 Å². The van der Waals surface area contributed by atoms with Crippen LogP contribution in [0, 0.1) is 0 Å². The Morgan fingerprint density at radius 1 is 1.20 bits per heavy atom. The SMILES string of the molecule is CCCCCCC(CN)N(C)Cc1ccccc1OC. The molecule has 1 aromatic carbocycles. The van der Waals surface area contributed by atoms with E-state index in [1.165, 1.54) is 37.7 Å². The van der Waals surface area contributed by atoms with Crippen LogP contribution in [-0.4, -0.2) is 31.6 Å². The van der Waals surface area contributed by atoms with Crippen molar-refractivity contribution in [1.82, 2.24) is 4.90 Å². The normalized spacial score (nSPS) is 12.7. The van der Waals surface area contributed by atoms with Crippen LogP contribution < -0.4 is 10.5 Å². The number of unbranched alkanes of at least 4 members (excludes halogenated alkanes) is 3. The summed E-state index contributed by atoms with van der Waals surface area (Å²) >= 11 is 0. The highest BCUT2D eigenvalue weighted by molar-refractivity contribution is 5.33. The minimum atomic E-state index is 0.455. The Kier molecular flexibility index (Phi) is 8.31. The van der Waals surface area contributed by atoms with Crippen LogP contribution in [0.2, 0.25) is 0 Å². The molecule has 0 radical (unpaired) electrons. The van der Waals surface area contributed by atoms with E-state index >= 15 is 0 Å². The first kappa shape index (κ1) is 17.0. The van der Waals surface area contributed by atoms with Crippen LogP contribution in [0.25, 0.3) is 0 Å². The van der Waals surface area contributed by atoms with Gasteiger partial charge in [0.05, 0.1) is 7.11 Å². The van der Waals surface area contributed by atoms with Gasteiger partial charge in [-0.15, -0.1) is 0 Å². The lowest BCUT2D eigenvalue weighted by Gasteiger charge is -2.27. The first-order chi connectivity index (χ1) is 9.72. The van der Waals surface area contributed by atoms with Gasteiger partial charge < -0.3 is 10.5 Å². The van der Waals surface area contributed by atoms with Gasteiger partial charge in [-0.25, -0.2) is 0 Å². The zero-order valence-corrected chi connectivity index (χ0v) is 13.3. The summed E-state index contributed by atoms with van der Waals surface area (Å²) in [6, 6.07) is 8.66. The topological polar surface area (TPSA) is 38.5 Å². The predicted octanol–water partition coefficient (Wildman–Crippen LogP) is 3.42. The van der Waals surface area contributed by atoms with Crippen LogP contribution in [0.1, 0.15) is 44.6 Å². The molecular formula is C17H30N2O. The molecule has 1 aromatic rings. The van der Waals surface area contributed by atoms with Crippen molar-refractivity contribution in [3.05, 3.63) is 29.8 Å². The highest BCUT2D eigenvalue weighted by Crippen LogP contribution is 2.20. The summed E-state index contributed by atoms with van der Waals surface area (Å²) in [6.07, 6.45) is 6.38. The molecule has 0 aliphatic rings. The fraction of sp³-hybridized carbons (Fsp3) is 0.647. The zero-order valence-electron chi connectivity index (χ0n) is 13.3. The summed E-state index contributed by atoms with van der Waals surface area (Å²) in [6.45, 7) is 3.85. The average molecular weight is 278 g/mol. The third-order valence-corrected chi connectivity index (χ3v) is 3.90. The fourth-order valence-electron chi connectivity index (χ4n) is 2.56. The largest absolute Gasteiger partial charge is 0.496 e. The Bertz CT molecular complexity index is 368. The minimum absolute atomic E-state index is 0.455. The molecule has 0 aromatic heterocycles. The number of nitrogens with two attached hydrogens (primary N) is 1. The molecule has 0 aliphatic heterocycles. The molecule has 0 amide bonds. The van der Waals surface area contributed by atoms with E-state index in [9.17, 15) is 0 Å². The standard InChI is InChI=1S/C17H30N2O/c1-4-5-6-7-11-16(13-18)19(2)14-15-10-8-9-12-17(15)20-3/h8-10,12,16H,4-7,11,13-14,18H2,1-3H3. The lowest BCUT2D eigenvalue weighted by molar-refractivity contribution is 0.220. The van der Waals surface area contributed by atoms with E-state index in [0.717, 1.165) is 18.8 Å². The molecular weight excluding hydrogens is 248 g/mol. The summed E-state index contributed by atoms with van der Waals surface area (Å²) in [5, 5.41) is 0. The third-order valence-electron chi connectivity index (χ3n) is 3.90. The number of hydrogen-bond acceptors (Lipinski definition) is 3. The van der Waals surface area contributed by atoms with Gasteiger partial charge in [-0.1, -0.05) is 50.8 Å². The summed E-state index contributed by atoms with van der Waals surface area (Å²) < 4.78 is 5.41. The molecule has 0 spiro atoms. The molecule has 1 unspecified atom stereocenters. The van der Waals surface area contributed by atoms with Crippen LogP contribution in [0.4, 0.5) is 0 Å². The average Bonchev–Trinajstić information content (AvgIpc) is 2.48. The molecule has 0 aliphatic carbocycles. The van der Waals surface area contributed by atoms with E-state index in [-0.39, 0.29) is 0 Å². The monoisotopic (exact) mass is 278 g/mol. The molecule has 1 rings (SSSR count). The summed E-state index contributed by atoms with van der Waals surface area (Å²) in [4.78, 5) is 2.35. The number of methoxy groups -OCH3 is 1. The van der Waals surface area contributed by atoms with Crippen molar-refractivity contribution in [3.8, 4) is 5.75 Å². The van der Waals surface area contributed by atoms with Crippen molar-refractivity contribution < 1.29 is 4.74 Å². The van der Waals surface area contributed by atoms with Crippen LogP contribution >= 0.6 is 0 Å². The summed E-state index contributed by atoms with van der Waals surface area (Å²) in [7, 11) is 3.88. The molecule has 1 atom stereocenters. The number of rotatable bonds is 10. The van der Waals surface area contributed by atoms with Crippen LogP contribution in [0.3, 0.4) is 0 Å².